The highest BCUT2D eigenvalue weighted by Gasteiger charge is 2.11. The maximum absolute atomic E-state index is 12.4. The quantitative estimate of drug-likeness (QED) is 0.376. The van der Waals surface area contributed by atoms with E-state index < -0.39 is 5.97 Å². The molecular weight excluding hydrogens is 338 g/mol. The number of hydrogen-bond donors (Lipinski definition) is 0. The summed E-state index contributed by atoms with van der Waals surface area (Å²) in [6, 6.07) is 23.0. The minimum absolute atomic E-state index is 0.0649. The standard InChI is InChI=1S/C23H21NO3/c1-24(2)16-17-8-10-20(11-9-17)23(26)27-21-14-12-19(13-15-21)22(25)18-6-4-3-5-7-18/h3-15H,16H2,1-2H3. The number of rotatable bonds is 6. The third-order valence-corrected chi connectivity index (χ3v) is 4.05. The van der Waals surface area contributed by atoms with Gasteiger partial charge < -0.3 is 9.64 Å². The summed E-state index contributed by atoms with van der Waals surface area (Å²) >= 11 is 0. The minimum atomic E-state index is -0.423. The van der Waals surface area contributed by atoms with Gasteiger partial charge in [-0.25, -0.2) is 4.79 Å². The van der Waals surface area contributed by atoms with Gasteiger partial charge in [0.1, 0.15) is 5.75 Å². The summed E-state index contributed by atoms with van der Waals surface area (Å²) in [6.07, 6.45) is 0. The van der Waals surface area contributed by atoms with Gasteiger partial charge in [-0.15, -0.1) is 0 Å². The van der Waals surface area contributed by atoms with E-state index in [2.05, 4.69) is 4.90 Å². The van der Waals surface area contributed by atoms with Crippen LogP contribution < -0.4 is 4.74 Å². The molecule has 0 radical (unpaired) electrons. The van der Waals surface area contributed by atoms with Crippen LogP contribution >= 0.6 is 0 Å². The predicted molar refractivity (Wildman–Crippen MR) is 105 cm³/mol. The molecule has 0 fully saturated rings. The largest absolute Gasteiger partial charge is 0.423 e. The molecule has 4 heteroatoms. The summed E-state index contributed by atoms with van der Waals surface area (Å²) in [7, 11) is 3.99. The monoisotopic (exact) mass is 359 g/mol. The van der Waals surface area contributed by atoms with Crippen LogP contribution in [0.3, 0.4) is 0 Å². The van der Waals surface area contributed by atoms with Crippen molar-refractivity contribution in [2.24, 2.45) is 0 Å². The number of nitrogens with zero attached hydrogens (tertiary/aromatic N) is 1. The molecule has 0 aliphatic heterocycles. The van der Waals surface area contributed by atoms with E-state index in [1.165, 1.54) is 0 Å². The van der Waals surface area contributed by atoms with Crippen molar-refractivity contribution in [3.8, 4) is 5.75 Å². The first-order valence-electron chi connectivity index (χ1n) is 8.68. The molecule has 0 aromatic heterocycles. The van der Waals surface area contributed by atoms with Gasteiger partial charge in [0.2, 0.25) is 0 Å². The van der Waals surface area contributed by atoms with Crippen LogP contribution in [0.15, 0.2) is 78.9 Å². The molecule has 3 aromatic rings. The Bertz CT molecular complexity index is 914. The smallest absolute Gasteiger partial charge is 0.343 e. The van der Waals surface area contributed by atoms with Crippen molar-refractivity contribution < 1.29 is 14.3 Å². The lowest BCUT2D eigenvalue weighted by Crippen LogP contribution is -2.12. The van der Waals surface area contributed by atoms with Crippen LogP contribution in [0.2, 0.25) is 0 Å². The van der Waals surface area contributed by atoms with Gasteiger partial charge in [0, 0.05) is 17.7 Å². The molecule has 3 rings (SSSR count). The highest BCUT2D eigenvalue weighted by molar-refractivity contribution is 6.09. The Hall–Kier alpha value is -3.24. The topological polar surface area (TPSA) is 46.6 Å². The van der Waals surface area contributed by atoms with Crippen LogP contribution in [0.4, 0.5) is 0 Å². The second kappa shape index (κ2) is 8.43. The lowest BCUT2D eigenvalue weighted by molar-refractivity contribution is 0.0734. The van der Waals surface area contributed by atoms with E-state index >= 15 is 0 Å². The molecule has 0 atom stereocenters. The molecule has 4 nitrogen and oxygen atoms in total. The number of hydrogen-bond acceptors (Lipinski definition) is 4. The zero-order chi connectivity index (χ0) is 19.2. The van der Waals surface area contributed by atoms with Crippen LogP contribution in [0.25, 0.3) is 0 Å². The van der Waals surface area contributed by atoms with Gasteiger partial charge in [-0.05, 0) is 56.1 Å². The lowest BCUT2D eigenvalue weighted by atomic mass is 10.0. The Kier molecular flexibility index (Phi) is 5.79. The molecular formula is C23H21NO3. The van der Waals surface area contributed by atoms with E-state index in [1.807, 2.05) is 44.4 Å². The third kappa shape index (κ3) is 4.90. The van der Waals surface area contributed by atoms with Gasteiger partial charge in [0.25, 0.3) is 0 Å². The summed E-state index contributed by atoms with van der Waals surface area (Å²) in [4.78, 5) is 26.7. The third-order valence-electron chi connectivity index (χ3n) is 4.05. The van der Waals surface area contributed by atoms with Crippen LogP contribution in [-0.2, 0) is 6.54 Å². The van der Waals surface area contributed by atoms with Crippen molar-refractivity contribution in [1.82, 2.24) is 4.90 Å². The highest BCUT2D eigenvalue weighted by atomic mass is 16.5. The average Bonchev–Trinajstić information content (AvgIpc) is 2.69. The van der Waals surface area contributed by atoms with E-state index in [4.69, 9.17) is 4.74 Å². The summed E-state index contributed by atoms with van der Waals surface area (Å²) in [6.45, 7) is 0.812. The van der Waals surface area contributed by atoms with Crippen molar-refractivity contribution >= 4 is 11.8 Å². The minimum Gasteiger partial charge on any atom is -0.423 e. The molecule has 0 saturated carbocycles. The van der Waals surface area contributed by atoms with Gasteiger partial charge in [0.05, 0.1) is 5.56 Å². The Balaban J connectivity index is 1.65. The molecule has 0 aliphatic carbocycles. The van der Waals surface area contributed by atoms with E-state index in [-0.39, 0.29) is 5.78 Å². The first-order chi connectivity index (χ1) is 13.0. The number of ketones is 1. The second-order valence-electron chi connectivity index (χ2n) is 6.54. The number of carbonyl (C=O) groups excluding carboxylic acids is 2. The Morgan fingerprint density at radius 2 is 1.30 bits per heavy atom. The molecule has 0 amide bonds. The van der Waals surface area contributed by atoms with Crippen molar-refractivity contribution in [3.63, 3.8) is 0 Å². The van der Waals surface area contributed by atoms with E-state index in [0.29, 0.717) is 22.4 Å². The summed E-state index contributed by atoms with van der Waals surface area (Å²) < 4.78 is 5.40. The van der Waals surface area contributed by atoms with Crippen molar-refractivity contribution in [2.45, 2.75) is 6.54 Å². The molecule has 0 saturated heterocycles. The lowest BCUT2D eigenvalue weighted by Gasteiger charge is -2.10. The molecule has 0 heterocycles. The van der Waals surface area contributed by atoms with Gasteiger partial charge in [0.15, 0.2) is 5.78 Å². The van der Waals surface area contributed by atoms with E-state index in [9.17, 15) is 9.59 Å². The van der Waals surface area contributed by atoms with Gasteiger partial charge in [-0.1, -0.05) is 42.5 Å². The van der Waals surface area contributed by atoms with Crippen LogP contribution in [0.1, 0.15) is 31.8 Å². The molecule has 0 unspecified atom stereocenters. The Morgan fingerprint density at radius 1 is 0.741 bits per heavy atom. The first-order valence-corrected chi connectivity index (χ1v) is 8.68. The predicted octanol–water partition coefficient (Wildman–Crippen LogP) is 4.20. The molecule has 3 aromatic carbocycles. The summed E-state index contributed by atoms with van der Waals surface area (Å²) in [5, 5.41) is 0. The zero-order valence-electron chi connectivity index (χ0n) is 15.4. The maximum atomic E-state index is 12.4. The van der Waals surface area contributed by atoms with Crippen LogP contribution in [0.5, 0.6) is 5.75 Å². The molecule has 0 bridgehead atoms. The normalized spacial score (nSPS) is 10.6. The highest BCUT2D eigenvalue weighted by Crippen LogP contribution is 2.17. The maximum Gasteiger partial charge on any atom is 0.343 e. The van der Waals surface area contributed by atoms with Crippen molar-refractivity contribution in [2.75, 3.05) is 14.1 Å². The van der Waals surface area contributed by atoms with Crippen molar-refractivity contribution in [3.05, 3.63) is 101 Å². The fourth-order valence-corrected chi connectivity index (χ4v) is 2.71. The van der Waals surface area contributed by atoms with Gasteiger partial charge >= 0.3 is 5.97 Å². The van der Waals surface area contributed by atoms with Crippen LogP contribution in [0, 0.1) is 0 Å². The van der Waals surface area contributed by atoms with Gasteiger partial charge in [-0.2, -0.15) is 0 Å². The number of benzene rings is 3. The number of ether oxygens (including phenoxy) is 1. The van der Waals surface area contributed by atoms with Crippen LogP contribution in [-0.4, -0.2) is 30.7 Å². The van der Waals surface area contributed by atoms with E-state index in [0.717, 1.165) is 12.1 Å². The molecule has 0 aliphatic rings. The SMILES string of the molecule is CN(C)Cc1ccc(C(=O)Oc2ccc(C(=O)c3ccccc3)cc2)cc1. The molecule has 0 spiro atoms. The molecule has 136 valence electrons. The Morgan fingerprint density at radius 3 is 1.89 bits per heavy atom. The number of esters is 1. The molecule has 0 N–H and O–H groups in total. The van der Waals surface area contributed by atoms with Crippen molar-refractivity contribution in [1.29, 1.82) is 0 Å². The Labute approximate surface area is 159 Å². The number of carbonyl (C=O) groups is 2. The fourth-order valence-electron chi connectivity index (χ4n) is 2.71. The summed E-state index contributed by atoms with van der Waals surface area (Å²) in [5.74, 6) is -0.0829. The summed E-state index contributed by atoms with van der Waals surface area (Å²) in [5.41, 5.74) is 2.79. The second-order valence-corrected chi connectivity index (χ2v) is 6.54. The van der Waals surface area contributed by atoms with Gasteiger partial charge in [-0.3, -0.25) is 4.79 Å². The fraction of sp³-hybridized carbons (Fsp3) is 0.130. The average molecular weight is 359 g/mol. The zero-order valence-corrected chi connectivity index (χ0v) is 15.4. The molecule has 27 heavy (non-hydrogen) atoms. The van der Waals surface area contributed by atoms with E-state index in [1.54, 1.807) is 48.5 Å². The first kappa shape index (κ1) is 18.5.